The lowest BCUT2D eigenvalue weighted by Crippen LogP contribution is -2.14. The molecule has 2 heterocycles. The van der Waals surface area contributed by atoms with Crippen molar-refractivity contribution in [2.45, 2.75) is 31.1 Å². The van der Waals surface area contributed by atoms with Gasteiger partial charge in [-0.15, -0.1) is 0 Å². The van der Waals surface area contributed by atoms with Crippen molar-refractivity contribution >= 4 is 11.3 Å². The van der Waals surface area contributed by atoms with Crippen LogP contribution in [0.1, 0.15) is 42.1 Å². The molecule has 0 saturated heterocycles. The van der Waals surface area contributed by atoms with Crippen molar-refractivity contribution in [3.05, 3.63) is 83.9 Å². The number of aromatic nitrogens is 3. The summed E-state index contributed by atoms with van der Waals surface area (Å²) in [7, 11) is 0. The Hall–Kier alpha value is -3.28. The Morgan fingerprint density at radius 3 is 2.31 bits per heavy atom. The standard InChI is InChI=1S/C23H20F2N4/c24-23(25,17-7-2-1-3-8-17)18-11-9-15(10-12-18)19-20-21(26)27-13-14-29(20)22(28-19)16-5-4-6-16/h1-3,7-14,16H,4-6H2,(H2,26,27). The Bertz CT molecular complexity index is 1160. The fraction of sp³-hybridized carbons (Fsp3) is 0.217. The molecule has 2 N–H and O–H groups in total. The number of hydrogen-bond donors (Lipinski definition) is 1. The van der Waals surface area contributed by atoms with Crippen LogP contribution in [0.5, 0.6) is 0 Å². The van der Waals surface area contributed by atoms with Gasteiger partial charge in [0.05, 0.1) is 0 Å². The molecule has 0 bridgehead atoms. The average molecular weight is 390 g/mol. The molecule has 146 valence electrons. The average Bonchev–Trinajstić information content (AvgIpc) is 3.08. The molecule has 0 unspecified atom stereocenters. The number of nitrogens with two attached hydrogens (primary N) is 1. The lowest BCUT2D eigenvalue weighted by molar-refractivity contribution is 0.0428. The lowest BCUT2D eigenvalue weighted by atomic mass is 9.85. The molecule has 2 aromatic carbocycles. The van der Waals surface area contributed by atoms with E-state index in [-0.39, 0.29) is 11.1 Å². The van der Waals surface area contributed by atoms with Gasteiger partial charge in [-0.2, -0.15) is 8.78 Å². The third-order valence-electron chi connectivity index (χ3n) is 5.74. The van der Waals surface area contributed by atoms with Gasteiger partial charge >= 0.3 is 0 Å². The summed E-state index contributed by atoms with van der Waals surface area (Å²) in [6.07, 6.45) is 6.93. The molecule has 1 fully saturated rings. The highest BCUT2D eigenvalue weighted by Crippen LogP contribution is 2.40. The first-order chi connectivity index (χ1) is 14.1. The number of anilines is 1. The summed E-state index contributed by atoms with van der Waals surface area (Å²) in [6.45, 7) is 0. The highest BCUT2D eigenvalue weighted by Gasteiger charge is 2.34. The summed E-state index contributed by atoms with van der Waals surface area (Å²) >= 11 is 0. The van der Waals surface area contributed by atoms with Crippen LogP contribution >= 0.6 is 0 Å². The van der Waals surface area contributed by atoms with Crippen LogP contribution in [0, 0.1) is 0 Å². The molecule has 2 aromatic heterocycles. The van der Waals surface area contributed by atoms with Gasteiger partial charge in [0.1, 0.15) is 22.9 Å². The zero-order valence-electron chi connectivity index (χ0n) is 15.7. The molecule has 0 aliphatic heterocycles. The largest absolute Gasteiger partial charge is 0.382 e. The molecule has 6 heteroatoms. The van der Waals surface area contributed by atoms with Crippen molar-refractivity contribution < 1.29 is 8.78 Å². The Morgan fingerprint density at radius 1 is 0.966 bits per heavy atom. The van der Waals surface area contributed by atoms with E-state index in [2.05, 4.69) is 4.98 Å². The molecule has 0 amide bonds. The topological polar surface area (TPSA) is 56.2 Å². The van der Waals surface area contributed by atoms with E-state index in [1.807, 2.05) is 10.6 Å². The zero-order chi connectivity index (χ0) is 20.0. The minimum absolute atomic E-state index is 0.0269. The van der Waals surface area contributed by atoms with Crippen LogP contribution in [0.3, 0.4) is 0 Å². The summed E-state index contributed by atoms with van der Waals surface area (Å²) in [6, 6.07) is 14.1. The molecular formula is C23H20F2N4. The summed E-state index contributed by atoms with van der Waals surface area (Å²) in [5.74, 6) is -1.30. The molecule has 4 nitrogen and oxygen atoms in total. The second-order valence-electron chi connectivity index (χ2n) is 7.50. The highest BCUT2D eigenvalue weighted by atomic mass is 19.3. The van der Waals surface area contributed by atoms with Gasteiger partial charge in [0.2, 0.25) is 0 Å². The molecule has 0 radical (unpaired) electrons. The van der Waals surface area contributed by atoms with Crippen molar-refractivity contribution in [2.75, 3.05) is 5.73 Å². The first-order valence-corrected chi connectivity index (χ1v) is 9.72. The van der Waals surface area contributed by atoms with Crippen LogP contribution in [-0.2, 0) is 5.92 Å². The van der Waals surface area contributed by atoms with E-state index >= 15 is 0 Å². The lowest BCUT2D eigenvalue weighted by Gasteiger charge is -2.23. The first kappa shape index (κ1) is 17.8. The predicted octanol–water partition coefficient (Wildman–Crippen LogP) is 5.39. The fourth-order valence-corrected chi connectivity index (χ4v) is 3.89. The van der Waals surface area contributed by atoms with Crippen molar-refractivity contribution in [2.24, 2.45) is 0 Å². The van der Waals surface area contributed by atoms with E-state index < -0.39 is 5.92 Å². The highest BCUT2D eigenvalue weighted by molar-refractivity contribution is 5.85. The molecule has 1 aliphatic carbocycles. The number of hydrogen-bond acceptors (Lipinski definition) is 3. The molecule has 1 aliphatic rings. The van der Waals surface area contributed by atoms with Crippen LogP contribution in [0.25, 0.3) is 16.8 Å². The monoisotopic (exact) mass is 390 g/mol. The molecule has 4 aromatic rings. The van der Waals surface area contributed by atoms with Crippen LogP contribution in [0.4, 0.5) is 14.6 Å². The third-order valence-corrected chi connectivity index (χ3v) is 5.74. The summed E-state index contributed by atoms with van der Waals surface area (Å²) < 4.78 is 31.7. The minimum Gasteiger partial charge on any atom is -0.382 e. The number of benzene rings is 2. The fourth-order valence-electron chi connectivity index (χ4n) is 3.89. The molecule has 29 heavy (non-hydrogen) atoms. The smallest absolute Gasteiger partial charge is 0.298 e. The Labute approximate surface area is 167 Å². The third kappa shape index (κ3) is 2.87. The van der Waals surface area contributed by atoms with Gasteiger partial charge in [-0.1, -0.05) is 61.0 Å². The van der Waals surface area contributed by atoms with Crippen molar-refractivity contribution in [3.63, 3.8) is 0 Å². The molecule has 5 rings (SSSR count). The number of rotatable bonds is 4. The maximum Gasteiger partial charge on any atom is 0.298 e. The first-order valence-electron chi connectivity index (χ1n) is 9.72. The van der Waals surface area contributed by atoms with E-state index in [1.54, 1.807) is 36.5 Å². The Kier molecular flexibility index (Phi) is 4.08. The molecule has 0 atom stereocenters. The predicted molar refractivity (Wildman–Crippen MR) is 109 cm³/mol. The van der Waals surface area contributed by atoms with E-state index in [0.29, 0.717) is 17.4 Å². The van der Waals surface area contributed by atoms with E-state index in [1.165, 1.54) is 30.7 Å². The summed E-state index contributed by atoms with van der Waals surface area (Å²) in [5, 5.41) is 0. The van der Waals surface area contributed by atoms with Gasteiger partial charge in [0, 0.05) is 35.0 Å². The molecule has 0 spiro atoms. The van der Waals surface area contributed by atoms with Gasteiger partial charge in [0.25, 0.3) is 5.92 Å². The summed E-state index contributed by atoms with van der Waals surface area (Å²) in [5.41, 5.74) is 8.24. The number of halogens is 2. The maximum atomic E-state index is 14.9. The van der Waals surface area contributed by atoms with Crippen molar-refractivity contribution in [1.82, 2.24) is 14.4 Å². The van der Waals surface area contributed by atoms with Gasteiger partial charge in [0.15, 0.2) is 0 Å². The second kappa shape index (κ2) is 6.65. The zero-order valence-corrected chi connectivity index (χ0v) is 15.7. The van der Waals surface area contributed by atoms with Crippen LogP contribution in [0.2, 0.25) is 0 Å². The van der Waals surface area contributed by atoms with E-state index in [9.17, 15) is 8.78 Å². The van der Waals surface area contributed by atoms with Gasteiger partial charge in [-0.25, -0.2) is 9.97 Å². The van der Waals surface area contributed by atoms with Gasteiger partial charge in [-0.05, 0) is 12.8 Å². The van der Waals surface area contributed by atoms with Crippen LogP contribution in [-0.4, -0.2) is 14.4 Å². The summed E-state index contributed by atoms with van der Waals surface area (Å²) in [4.78, 5) is 9.05. The maximum absolute atomic E-state index is 14.9. The Morgan fingerprint density at radius 2 is 1.66 bits per heavy atom. The minimum atomic E-state index is -3.06. The molecular weight excluding hydrogens is 370 g/mol. The molecule has 1 saturated carbocycles. The van der Waals surface area contributed by atoms with E-state index in [4.69, 9.17) is 10.7 Å². The number of fused-ring (bicyclic) bond motifs is 1. The SMILES string of the molecule is Nc1nccn2c(C3CCC3)nc(-c3ccc(C(F)(F)c4ccccc4)cc3)c12. The number of nitrogen functional groups attached to an aromatic ring is 1. The second-order valence-corrected chi connectivity index (χ2v) is 7.50. The van der Waals surface area contributed by atoms with Gasteiger partial charge < -0.3 is 5.73 Å². The normalized spacial score (nSPS) is 14.8. The number of nitrogens with zero attached hydrogens (tertiary/aromatic N) is 3. The van der Waals surface area contributed by atoms with Crippen LogP contribution < -0.4 is 5.73 Å². The van der Waals surface area contributed by atoms with E-state index in [0.717, 1.165) is 29.7 Å². The van der Waals surface area contributed by atoms with Crippen LogP contribution in [0.15, 0.2) is 67.0 Å². The van der Waals surface area contributed by atoms with Crippen molar-refractivity contribution in [1.29, 1.82) is 0 Å². The quantitative estimate of drug-likeness (QED) is 0.509. The van der Waals surface area contributed by atoms with Gasteiger partial charge in [-0.3, -0.25) is 4.40 Å². The number of imidazole rings is 1. The van der Waals surface area contributed by atoms with Crippen molar-refractivity contribution in [3.8, 4) is 11.3 Å². The number of alkyl halides is 2. The Balaban J connectivity index is 1.58.